The van der Waals surface area contributed by atoms with Gasteiger partial charge in [0.15, 0.2) is 0 Å². The number of aromatic nitrogens is 2. The van der Waals surface area contributed by atoms with E-state index in [0.29, 0.717) is 47.7 Å². The van der Waals surface area contributed by atoms with Crippen LogP contribution in [0.4, 0.5) is 5.69 Å². The summed E-state index contributed by atoms with van der Waals surface area (Å²) in [6.07, 6.45) is 4.38. The van der Waals surface area contributed by atoms with Gasteiger partial charge >= 0.3 is 0 Å². The van der Waals surface area contributed by atoms with Crippen molar-refractivity contribution in [3.63, 3.8) is 0 Å². The molecule has 3 aromatic rings. The van der Waals surface area contributed by atoms with Crippen LogP contribution in [-0.4, -0.2) is 58.4 Å². The largest absolute Gasteiger partial charge is 0.364 e. The molecule has 2 amide bonds. The summed E-state index contributed by atoms with van der Waals surface area (Å²) >= 11 is 0. The highest BCUT2D eigenvalue weighted by Gasteiger charge is 2.27. The summed E-state index contributed by atoms with van der Waals surface area (Å²) in [5, 5.41) is 15.3. The Hall–Kier alpha value is -4.29. The van der Waals surface area contributed by atoms with E-state index in [4.69, 9.17) is 0 Å². The summed E-state index contributed by atoms with van der Waals surface area (Å²) in [6, 6.07) is 19.2. The highest BCUT2D eigenvalue weighted by atomic mass is 16.2. The standard InChI is InChI=1S/C33H41N7O2/c1-23(12-15-35-33(42)32-24(2)37-22-38-25(32)3)39-16-13-31(14-17-39)40(21-29-7-5-6-28(18-29)19-34)30-10-8-27(9-11-30)20-36-26(4)41/h5-11,18,22-23,31H,12-17,20-21H2,1-4H3,(H,35,42)(H,36,41). The highest BCUT2D eigenvalue weighted by Crippen LogP contribution is 2.27. The van der Waals surface area contributed by atoms with Gasteiger partial charge in [-0.3, -0.25) is 9.59 Å². The molecule has 0 spiro atoms. The third-order valence-corrected chi connectivity index (χ3v) is 8.08. The zero-order valence-corrected chi connectivity index (χ0v) is 25.1. The van der Waals surface area contributed by atoms with E-state index in [1.165, 1.54) is 13.3 Å². The number of anilines is 1. The Balaban J connectivity index is 1.37. The molecule has 2 aromatic carbocycles. The Morgan fingerprint density at radius 3 is 2.38 bits per heavy atom. The van der Waals surface area contributed by atoms with E-state index in [0.717, 1.165) is 55.7 Å². The van der Waals surface area contributed by atoms with Crippen molar-refractivity contribution in [3.8, 4) is 6.07 Å². The number of likely N-dealkylation sites (tertiary alicyclic amines) is 1. The van der Waals surface area contributed by atoms with Crippen LogP contribution in [0.3, 0.4) is 0 Å². The molecule has 0 bridgehead atoms. The lowest BCUT2D eigenvalue weighted by molar-refractivity contribution is -0.119. The number of aryl methyl sites for hydroxylation is 2. The first-order valence-electron chi connectivity index (χ1n) is 14.6. The van der Waals surface area contributed by atoms with Crippen molar-refractivity contribution >= 4 is 17.5 Å². The van der Waals surface area contributed by atoms with Crippen LogP contribution < -0.4 is 15.5 Å². The van der Waals surface area contributed by atoms with E-state index in [-0.39, 0.29) is 11.8 Å². The third-order valence-electron chi connectivity index (χ3n) is 8.08. The van der Waals surface area contributed by atoms with Gasteiger partial charge in [0.1, 0.15) is 6.33 Å². The fourth-order valence-electron chi connectivity index (χ4n) is 5.62. The number of amides is 2. The van der Waals surface area contributed by atoms with Gasteiger partial charge in [-0.2, -0.15) is 5.26 Å². The average molecular weight is 568 g/mol. The fourth-order valence-corrected chi connectivity index (χ4v) is 5.62. The van der Waals surface area contributed by atoms with Gasteiger partial charge in [0.05, 0.1) is 28.6 Å². The zero-order chi connectivity index (χ0) is 30.1. The van der Waals surface area contributed by atoms with Gasteiger partial charge in [0.25, 0.3) is 5.91 Å². The maximum Gasteiger partial charge on any atom is 0.254 e. The number of piperidine rings is 1. The van der Waals surface area contributed by atoms with Crippen LogP contribution in [0.25, 0.3) is 0 Å². The smallest absolute Gasteiger partial charge is 0.254 e. The predicted molar refractivity (Wildman–Crippen MR) is 164 cm³/mol. The Morgan fingerprint density at radius 1 is 1.05 bits per heavy atom. The van der Waals surface area contributed by atoms with Crippen molar-refractivity contribution in [1.29, 1.82) is 5.26 Å². The topological polar surface area (TPSA) is 114 Å². The van der Waals surface area contributed by atoms with Gasteiger partial charge in [-0.15, -0.1) is 0 Å². The van der Waals surface area contributed by atoms with Crippen molar-refractivity contribution in [2.45, 2.75) is 72.1 Å². The lowest BCUT2D eigenvalue weighted by Crippen LogP contribution is -2.48. The van der Waals surface area contributed by atoms with Crippen molar-refractivity contribution in [2.75, 3.05) is 24.5 Å². The van der Waals surface area contributed by atoms with Gasteiger partial charge in [0, 0.05) is 57.4 Å². The molecule has 4 rings (SSSR count). The van der Waals surface area contributed by atoms with E-state index < -0.39 is 0 Å². The van der Waals surface area contributed by atoms with Gasteiger partial charge in [-0.05, 0) is 75.4 Å². The predicted octanol–water partition coefficient (Wildman–Crippen LogP) is 4.28. The van der Waals surface area contributed by atoms with E-state index in [9.17, 15) is 14.9 Å². The maximum atomic E-state index is 12.7. The van der Waals surface area contributed by atoms with E-state index >= 15 is 0 Å². The molecule has 9 nitrogen and oxygen atoms in total. The van der Waals surface area contributed by atoms with Gasteiger partial charge < -0.3 is 20.4 Å². The van der Waals surface area contributed by atoms with E-state index in [1.807, 2.05) is 32.0 Å². The minimum atomic E-state index is -0.115. The molecular weight excluding hydrogens is 526 g/mol. The fraction of sp³-hybridized carbons (Fsp3) is 0.424. The van der Waals surface area contributed by atoms with Crippen LogP contribution in [0.5, 0.6) is 0 Å². The molecule has 0 saturated carbocycles. The normalized spacial score (nSPS) is 14.5. The molecule has 1 unspecified atom stereocenters. The number of hydrogen-bond acceptors (Lipinski definition) is 7. The molecule has 2 N–H and O–H groups in total. The van der Waals surface area contributed by atoms with E-state index in [1.54, 1.807) is 0 Å². The molecule has 1 aromatic heterocycles. The number of carbonyl (C=O) groups is 2. The molecule has 1 fully saturated rings. The van der Waals surface area contributed by atoms with Crippen molar-refractivity contribution < 1.29 is 9.59 Å². The zero-order valence-electron chi connectivity index (χ0n) is 25.1. The van der Waals surface area contributed by atoms with Crippen LogP contribution in [0, 0.1) is 25.2 Å². The van der Waals surface area contributed by atoms with Crippen molar-refractivity contribution in [3.05, 3.63) is 88.5 Å². The second kappa shape index (κ2) is 14.6. The van der Waals surface area contributed by atoms with Gasteiger partial charge in [-0.25, -0.2) is 9.97 Å². The van der Waals surface area contributed by atoms with Crippen LogP contribution in [0.1, 0.15) is 71.5 Å². The molecule has 42 heavy (non-hydrogen) atoms. The monoisotopic (exact) mass is 567 g/mol. The first-order chi connectivity index (χ1) is 20.2. The molecule has 0 radical (unpaired) electrons. The van der Waals surface area contributed by atoms with E-state index in [2.05, 4.69) is 73.7 Å². The summed E-state index contributed by atoms with van der Waals surface area (Å²) in [5.74, 6) is -0.159. The first-order valence-corrected chi connectivity index (χ1v) is 14.6. The van der Waals surface area contributed by atoms with Crippen molar-refractivity contribution in [1.82, 2.24) is 25.5 Å². The van der Waals surface area contributed by atoms with Gasteiger partial charge in [-0.1, -0.05) is 24.3 Å². The Morgan fingerprint density at radius 2 is 1.74 bits per heavy atom. The number of rotatable bonds is 11. The molecular formula is C33H41N7O2. The quantitative estimate of drug-likeness (QED) is 0.355. The highest BCUT2D eigenvalue weighted by molar-refractivity contribution is 5.96. The van der Waals surface area contributed by atoms with Crippen LogP contribution in [0.2, 0.25) is 0 Å². The molecule has 1 aliphatic heterocycles. The lowest BCUT2D eigenvalue weighted by atomic mass is 9.98. The SMILES string of the molecule is CC(=O)NCc1ccc(N(Cc2cccc(C#N)c2)C2CCN(C(C)CCNC(=O)c3c(C)ncnc3C)CC2)cc1. The molecule has 0 aliphatic carbocycles. The Bertz CT molecular complexity index is 1390. The molecule has 1 atom stereocenters. The lowest BCUT2D eigenvalue weighted by Gasteiger charge is -2.42. The maximum absolute atomic E-state index is 12.7. The van der Waals surface area contributed by atoms with Crippen LogP contribution >= 0.6 is 0 Å². The average Bonchev–Trinajstić information content (AvgIpc) is 2.99. The molecule has 1 saturated heterocycles. The summed E-state index contributed by atoms with van der Waals surface area (Å²) in [6.45, 7) is 11.2. The molecule has 220 valence electrons. The number of benzene rings is 2. The first kappa shape index (κ1) is 30.7. The second-order valence-corrected chi connectivity index (χ2v) is 11.1. The Labute approximate surface area is 249 Å². The van der Waals surface area contributed by atoms with Crippen molar-refractivity contribution in [2.24, 2.45) is 0 Å². The minimum absolute atomic E-state index is 0.0440. The number of nitrogens with zero attached hydrogens (tertiary/aromatic N) is 5. The summed E-state index contributed by atoms with van der Waals surface area (Å²) in [4.78, 5) is 37.3. The summed E-state index contributed by atoms with van der Waals surface area (Å²) < 4.78 is 0. The second-order valence-electron chi connectivity index (χ2n) is 11.1. The molecule has 1 aliphatic rings. The third kappa shape index (κ3) is 8.14. The molecule has 2 heterocycles. The number of nitriles is 1. The number of carbonyl (C=O) groups excluding carboxylic acids is 2. The number of nitrogens with one attached hydrogen (secondary N) is 2. The van der Waals surface area contributed by atoms with Crippen LogP contribution in [0.15, 0.2) is 54.9 Å². The summed E-state index contributed by atoms with van der Waals surface area (Å²) in [7, 11) is 0. The summed E-state index contributed by atoms with van der Waals surface area (Å²) in [5.41, 5.74) is 5.92. The Kier molecular flexibility index (Phi) is 10.6. The minimum Gasteiger partial charge on any atom is -0.364 e. The van der Waals surface area contributed by atoms with Crippen LogP contribution in [-0.2, 0) is 17.9 Å². The molecule has 9 heteroatoms. The number of hydrogen-bond donors (Lipinski definition) is 2. The van der Waals surface area contributed by atoms with Gasteiger partial charge in [0.2, 0.25) is 5.91 Å².